The van der Waals surface area contributed by atoms with Gasteiger partial charge in [0.05, 0.1) is 0 Å². The Labute approximate surface area is 157 Å². The first-order chi connectivity index (χ1) is 13.0. The molecule has 6 nitrogen and oxygen atoms in total. The Balaban J connectivity index is 1.44. The quantitative estimate of drug-likeness (QED) is 0.816. The van der Waals surface area contributed by atoms with Crippen molar-refractivity contribution in [2.75, 3.05) is 6.54 Å². The van der Waals surface area contributed by atoms with Crippen molar-refractivity contribution in [1.82, 2.24) is 15.5 Å². The Hall–Kier alpha value is -3.15. The fraction of sp³-hybridized carbons (Fsp3) is 0.286. The van der Waals surface area contributed by atoms with Gasteiger partial charge in [-0.25, -0.2) is 4.79 Å². The molecule has 2 aliphatic rings. The van der Waals surface area contributed by atoms with E-state index in [1.807, 2.05) is 55.5 Å². The van der Waals surface area contributed by atoms with Crippen molar-refractivity contribution >= 4 is 17.8 Å². The number of benzene rings is 2. The zero-order chi connectivity index (χ0) is 19.0. The Bertz CT molecular complexity index is 923. The maximum atomic E-state index is 13.0. The second kappa shape index (κ2) is 6.54. The third-order valence-electron chi connectivity index (χ3n) is 5.33. The summed E-state index contributed by atoms with van der Waals surface area (Å²) in [7, 11) is 0. The highest BCUT2D eigenvalue weighted by Crippen LogP contribution is 2.41. The highest BCUT2D eigenvalue weighted by atomic mass is 16.2. The van der Waals surface area contributed by atoms with Crippen LogP contribution in [0.5, 0.6) is 0 Å². The molecule has 1 saturated heterocycles. The number of amides is 4. The number of rotatable bonds is 4. The van der Waals surface area contributed by atoms with Crippen LogP contribution in [0.1, 0.15) is 28.7 Å². The molecule has 4 amide bonds. The maximum absolute atomic E-state index is 13.0. The average molecular weight is 363 g/mol. The summed E-state index contributed by atoms with van der Waals surface area (Å²) < 4.78 is 0. The normalized spacial score (nSPS) is 20.7. The lowest BCUT2D eigenvalue weighted by Crippen LogP contribution is -2.43. The predicted octanol–water partition coefficient (Wildman–Crippen LogP) is 2.00. The summed E-state index contributed by atoms with van der Waals surface area (Å²) in [5.74, 6) is -0.703. The van der Waals surface area contributed by atoms with Gasteiger partial charge < -0.3 is 10.6 Å². The van der Waals surface area contributed by atoms with Crippen molar-refractivity contribution in [2.45, 2.75) is 31.8 Å². The molecule has 0 unspecified atom stereocenters. The summed E-state index contributed by atoms with van der Waals surface area (Å²) in [4.78, 5) is 38.7. The zero-order valence-electron chi connectivity index (χ0n) is 15.1. The van der Waals surface area contributed by atoms with E-state index < -0.39 is 11.6 Å². The summed E-state index contributed by atoms with van der Waals surface area (Å²) in [6, 6.07) is 14.9. The van der Waals surface area contributed by atoms with Gasteiger partial charge in [0.1, 0.15) is 12.1 Å². The number of hydrogen-bond acceptors (Lipinski definition) is 3. The van der Waals surface area contributed by atoms with Gasteiger partial charge in [0.2, 0.25) is 5.91 Å². The van der Waals surface area contributed by atoms with Gasteiger partial charge >= 0.3 is 6.03 Å². The monoisotopic (exact) mass is 363 g/mol. The van der Waals surface area contributed by atoms with E-state index >= 15 is 0 Å². The van der Waals surface area contributed by atoms with Crippen LogP contribution in [0, 0.1) is 6.92 Å². The maximum Gasteiger partial charge on any atom is 0.325 e. The van der Waals surface area contributed by atoms with E-state index in [1.54, 1.807) is 0 Å². The number of fused-ring (bicyclic) bond motifs is 2. The second-order valence-corrected chi connectivity index (χ2v) is 7.15. The van der Waals surface area contributed by atoms with Crippen molar-refractivity contribution in [3.8, 4) is 0 Å². The SMILES string of the molecule is Cc1ccc(CNC(=O)CN2C(=O)N[C@@]3(CCc4ccccc43)C2=O)cc1. The van der Waals surface area contributed by atoms with Crippen molar-refractivity contribution in [2.24, 2.45) is 0 Å². The molecule has 1 heterocycles. The predicted molar refractivity (Wildman–Crippen MR) is 99.7 cm³/mol. The summed E-state index contributed by atoms with van der Waals surface area (Å²) in [5, 5.41) is 5.60. The molecule has 1 aliphatic carbocycles. The molecule has 0 bridgehead atoms. The lowest BCUT2D eigenvalue weighted by atomic mass is 9.92. The summed E-state index contributed by atoms with van der Waals surface area (Å²) in [6.07, 6.45) is 1.26. The Morgan fingerprint density at radius 1 is 1.15 bits per heavy atom. The first kappa shape index (κ1) is 17.3. The topological polar surface area (TPSA) is 78.5 Å². The van der Waals surface area contributed by atoms with Crippen LogP contribution in [0.15, 0.2) is 48.5 Å². The molecule has 1 spiro atoms. The summed E-state index contributed by atoms with van der Waals surface area (Å²) in [5.41, 5.74) is 2.99. The smallest absolute Gasteiger partial charge is 0.325 e. The van der Waals surface area contributed by atoms with Gasteiger partial charge in [-0.1, -0.05) is 54.1 Å². The van der Waals surface area contributed by atoms with E-state index in [9.17, 15) is 14.4 Å². The third-order valence-corrected chi connectivity index (χ3v) is 5.33. The molecule has 0 aromatic heterocycles. The molecular weight excluding hydrogens is 342 g/mol. The highest BCUT2D eigenvalue weighted by Gasteiger charge is 2.55. The minimum Gasteiger partial charge on any atom is -0.350 e. The van der Waals surface area contributed by atoms with Crippen molar-refractivity contribution in [3.63, 3.8) is 0 Å². The molecule has 2 N–H and O–H groups in total. The van der Waals surface area contributed by atoms with Crippen LogP contribution in [-0.2, 0) is 28.1 Å². The lowest BCUT2D eigenvalue weighted by Gasteiger charge is -2.22. The van der Waals surface area contributed by atoms with Gasteiger partial charge in [-0.3, -0.25) is 14.5 Å². The Morgan fingerprint density at radius 2 is 1.89 bits per heavy atom. The number of nitrogens with one attached hydrogen (secondary N) is 2. The number of hydrogen-bond donors (Lipinski definition) is 2. The fourth-order valence-corrected chi connectivity index (χ4v) is 3.84. The molecule has 2 aromatic carbocycles. The van der Waals surface area contributed by atoms with E-state index in [4.69, 9.17) is 0 Å². The second-order valence-electron chi connectivity index (χ2n) is 7.15. The minimum atomic E-state index is -1.02. The summed E-state index contributed by atoms with van der Waals surface area (Å²) >= 11 is 0. The molecule has 27 heavy (non-hydrogen) atoms. The zero-order valence-corrected chi connectivity index (χ0v) is 15.1. The van der Waals surface area contributed by atoms with Crippen LogP contribution >= 0.6 is 0 Å². The van der Waals surface area contributed by atoms with Crippen LogP contribution in [0.25, 0.3) is 0 Å². The van der Waals surface area contributed by atoms with Gasteiger partial charge in [-0.05, 0) is 36.5 Å². The van der Waals surface area contributed by atoms with Gasteiger partial charge in [0.15, 0.2) is 0 Å². The van der Waals surface area contributed by atoms with E-state index in [2.05, 4.69) is 10.6 Å². The van der Waals surface area contributed by atoms with Crippen LogP contribution in [-0.4, -0.2) is 29.3 Å². The average Bonchev–Trinajstić information content (AvgIpc) is 3.15. The van der Waals surface area contributed by atoms with Gasteiger partial charge in [0, 0.05) is 6.54 Å². The fourth-order valence-electron chi connectivity index (χ4n) is 3.84. The highest BCUT2D eigenvalue weighted by molar-refractivity contribution is 6.09. The Morgan fingerprint density at radius 3 is 2.67 bits per heavy atom. The van der Waals surface area contributed by atoms with Crippen LogP contribution < -0.4 is 10.6 Å². The minimum absolute atomic E-state index is 0.277. The van der Waals surface area contributed by atoms with Crippen molar-refractivity contribution in [3.05, 3.63) is 70.8 Å². The summed E-state index contributed by atoms with van der Waals surface area (Å²) in [6.45, 7) is 2.08. The Kier molecular flexibility index (Phi) is 4.18. The van der Waals surface area contributed by atoms with E-state index in [0.29, 0.717) is 13.0 Å². The first-order valence-corrected chi connectivity index (χ1v) is 9.04. The first-order valence-electron chi connectivity index (χ1n) is 9.04. The van der Waals surface area contributed by atoms with Crippen molar-refractivity contribution < 1.29 is 14.4 Å². The largest absolute Gasteiger partial charge is 0.350 e. The molecule has 2 aromatic rings. The molecule has 138 valence electrons. The molecular formula is C21H21N3O3. The number of carbonyl (C=O) groups excluding carboxylic acids is 3. The molecule has 1 atom stereocenters. The van der Waals surface area contributed by atoms with E-state index in [0.717, 1.165) is 33.6 Å². The molecule has 0 saturated carbocycles. The molecule has 4 rings (SSSR count). The third kappa shape index (κ3) is 2.97. The molecule has 0 radical (unpaired) electrons. The molecule has 1 aliphatic heterocycles. The van der Waals surface area contributed by atoms with E-state index in [-0.39, 0.29) is 18.4 Å². The van der Waals surface area contributed by atoms with Gasteiger partial charge in [-0.15, -0.1) is 0 Å². The van der Waals surface area contributed by atoms with Crippen LogP contribution in [0.4, 0.5) is 4.79 Å². The molecule has 1 fully saturated rings. The van der Waals surface area contributed by atoms with Gasteiger partial charge in [-0.2, -0.15) is 0 Å². The number of aryl methyl sites for hydroxylation is 2. The number of nitrogens with zero attached hydrogens (tertiary/aromatic N) is 1. The number of imide groups is 1. The lowest BCUT2D eigenvalue weighted by molar-refractivity contribution is -0.135. The van der Waals surface area contributed by atoms with Crippen molar-refractivity contribution in [1.29, 1.82) is 0 Å². The molecule has 6 heteroatoms. The van der Waals surface area contributed by atoms with Gasteiger partial charge in [0.25, 0.3) is 5.91 Å². The number of carbonyl (C=O) groups is 3. The van der Waals surface area contributed by atoms with E-state index in [1.165, 1.54) is 0 Å². The number of urea groups is 1. The standard InChI is InChI=1S/C21H21N3O3/c1-14-6-8-15(9-7-14)12-22-18(25)13-24-19(26)21(23-20(24)27)11-10-16-4-2-3-5-17(16)21/h2-9H,10-13H2,1H3,(H,22,25)(H,23,27)/t21-/m1/s1. The van der Waals surface area contributed by atoms with Crippen LogP contribution in [0.3, 0.4) is 0 Å². The van der Waals surface area contributed by atoms with Crippen LogP contribution in [0.2, 0.25) is 0 Å².